The maximum absolute atomic E-state index is 12.2. The van der Waals surface area contributed by atoms with Crippen LogP contribution in [0.5, 0.6) is 0 Å². The van der Waals surface area contributed by atoms with Crippen molar-refractivity contribution in [3.05, 3.63) is 50.1 Å². The molecule has 2 aromatic heterocycles. The SMILES string of the molecule is C.CC[C@@H](CO)Nc1cc[nH]c(=O)c1C(=N)c1csc(C(N)=O)c1. The molecule has 0 unspecified atom stereocenters. The molecule has 1 atom stereocenters. The van der Waals surface area contributed by atoms with Crippen molar-refractivity contribution in [2.45, 2.75) is 26.8 Å². The number of aromatic amines is 1. The number of aromatic nitrogens is 1. The molecule has 0 bridgehead atoms. The smallest absolute Gasteiger partial charge is 0.259 e. The van der Waals surface area contributed by atoms with Crippen LogP contribution in [0.1, 0.15) is 41.6 Å². The Hall–Kier alpha value is -2.45. The number of hydrogen-bond donors (Lipinski definition) is 5. The highest BCUT2D eigenvalue weighted by atomic mass is 32.1. The number of aliphatic hydroxyl groups is 1. The van der Waals surface area contributed by atoms with Crippen molar-refractivity contribution in [3.8, 4) is 0 Å². The minimum atomic E-state index is -0.569. The van der Waals surface area contributed by atoms with Crippen LogP contribution < -0.4 is 16.6 Å². The van der Waals surface area contributed by atoms with E-state index in [0.29, 0.717) is 22.5 Å². The van der Waals surface area contributed by atoms with Gasteiger partial charge in [-0.15, -0.1) is 11.3 Å². The fourth-order valence-corrected chi connectivity index (χ4v) is 2.84. The lowest BCUT2D eigenvalue weighted by atomic mass is 10.0. The van der Waals surface area contributed by atoms with Crippen molar-refractivity contribution in [3.63, 3.8) is 0 Å². The second-order valence-corrected chi connectivity index (χ2v) is 5.88. The van der Waals surface area contributed by atoms with Gasteiger partial charge in [-0.1, -0.05) is 14.4 Å². The second-order valence-electron chi connectivity index (χ2n) is 4.97. The third-order valence-electron chi connectivity index (χ3n) is 3.41. The van der Waals surface area contributed by atoms with E-state index in [9.17, 15) is 14.7 Å². The number of nitrogens with two attached hydrogens (primary N) is 1. The summed E-state index contributed by atoms with van der Waals surface area (Å²) in [6.45, 7) is 1.82. The Balaban J connectivity index is 0.00000288. The highest BCUT2D eigenvalue weighted by molar-refractivity contribution is 7.12. The minimum Gasteiger partial charge on any atom is -0.394 e. The molecule has 0 saturated heterocycles. The summed E-state index contributed by atoms with van der Waals surface area (Å²) in [4.78, 5) is 26.2. The van der Waals surface area contributed by atoms with Gasteiger partial charge in [0.25, 0.3) is 11.5 Å². The molecule has 8 heteroatoms. The number of anilines is 1. The first kappa shape index (κ1) is 19.6. The molecule has 2 aromatic rings. The van der Waals surface area contributed by atoms with Crippen LogP contribution in [0.3, 0.4) is 0 Å². The highest BCUT2D eigenvalue weighted by Gasteiger charge is 2.18. The van der Waals surface area contributed by atoms with Crippen LogP contribution in [-0.2, 0) is 0 Å². The maximum atomic E-state index is 12.2. The van der Waals surface area contributed by atoms with E-state index >= 15 is 0 Å². The van der Waals surface area contributed by atoms with E-state index in [1.807, 2.05) is 6.92 Å². The number of pyridine rings is 1. The van der Waals surface area contributed by atoms with Gasteiger partial charge in [0, 0.05) is 23.2 Å². The average Bonchev–Trinajstić information content (AvgIpc) is 3.02. The molecule has 7 nitrogen and oxygen atoms in total. The molecule has 1 amide bonds. The van der Waals surface area contributed by atoms with E-state index in [1.54, 1.807) is 11.4 Å². The van der Waals surface area contributed by atoms with Crippen molar-refractivity contribution in [1.82, 2.24) is 4.98 Å². The Morgan fingerprint density at radius 1 is 1.54 bits per heavy atom. The number of carbonyl (C=O) groups is 1. The van der Waals surface area contributed by atoms with Crippen LogP contribution in [0.4, 0.5) is 5.69 Å². The number of carbonyl (C=O) groups excluding carboxylic acids is 1. The van der Waals surface area contributed by atoms with Gasteiger partial charge in [0.15, 0.2) is 0 Å². The summed E-state index contributed by atoms with van der Waals surface area (Å²) in [5, 5.41) is 22.3. The lowest BCUT2D eigenvalue weighted by molar-refractivity contribution is 0.100. The van der Waals surface area contributed by atoms with Gasteiger partial charge >= 0.3 is 0 Å². The monoisotopic (exact) mass is 350 g/mol. The number of aliphatic hydroxyl groups excluding tert-OH is 1. The van der Waals surface area contributed by atoms with Gasteiger partial charge in [0.1, 0.15) is 0 Å². The lowest BCUT2D eigenvalue weighted by Gasteiger charge is -2.18. The molecule has 2 heterocycles. The predicted molar refractivity (Wildman–Crippen MR) is 97.3 cm³/mol. The van der Waals surface area contributed by atoms with E-state index in [0.717, 1.165) is 11.3 Å². The van der Waals surface area contributed by atoms with E-state index in [2.05, 4.69) is 10.3 Å². The first-order valence-electron chi connectivity index (χ1n) is 7.04. The third-order valence-corrected chi connectivity index (χ3v) is 4.36. The Labute approximate surface area is 144 Å². The fraction of sp³-hybridized carbons (Fsp3) is 0.312. The largest absolute Gasteiger partial charge is 0.394 e. The zero-order chi connectivity index (χ0) is 17.0. The molecule has 130 valence electrons. The number of primary amides is 1. The standard InChI is InChI=1S/C15H18N4O3S.CH4/c1-2-9(6-20)19-10-3-4-18-15(22)12(10)13(16)8-5-11(14(17)21)23-7-8;/h3-5,7,9,16,20H,2,6H2,1H3,(H2,17,21)(H2,18,19,22);1H4/t9-;/m0./s1. The molecule has 0 spiro atoms. The number of thiophene rings is 1. The zero-order valence-electron chi connectivity index (χ0n) is 12.6. The minimum absolute atomic E-state index is 0. The number of nitrogens with one attached hydrogen (secondary N) is 3. The molecular formula is C16H22N4O3S. The normalized spacial score (nSPS) is 11.4. The van der Waals surface area contributed by atoms with E-state index < -0.39 is 11.5 Å². The average molecular weight is 350 g/mol. The first-order chi connectivity index (χ1) is 11.0. The van der Waals surface area contributed by atoms with Gasteiger partial charge in [-0.05, 0) is 18.6 Å². The Morgan fingerprint density at radius 3 is 2.79 bits per heavy atom. The van der Waals surface area contributed by atoms with Gasteiger partial charge in [0.05, 0.1) is 28.4 Å². The van der Waals surface area contributed by atoms with Crippen molar-refractivity contribution in [1.29, 1.82) is 5.41 Å². The van der Waals surface area contributed by atoms with Crippen molar-refractivity contribution >= 4 is 28.6 Å². The van der Waals surface area contributed by atoms with Gasteiger partial charge in [-0.3, -0.25) is 15.0 Å². The van der Waals surface area contributed by atoms with Crippen molar-refractivity contribution < 1.29 is 9.90 Å². The molecule has 24 heavy (non-hydrogen) atoms. The van der Waals surface area contributed by atoms with Crippen LogP contribution in [0.15, 0.2) is 28.5 Å². The lowest BCUT2D eigenvalue weighted by Crippen LogP contribution is -2.27. The van der Waals surface area contributed by atoms with Gasteiger partial charge < -0.3 is 21.1 Å². The van der Waals surface area contributed by atoms with Crippen LogP contribution in [0.25, 0.3) is 0 Å². The van der Waals surface area contributed by atoms with Crippen LogP contribution in [-0.4, -0.2) is 34.4 Å². The molecule has 0 fully saturated rings. The molecule has 6 N–H and O–H groups in total. The summed E-state index contributed by atoms with van der Waals surface area (Å²) < 4.78 is 0. The van der Waals surface area contributed by atoms with E-state index in [4.69, 9.17) is 11.1 Å². The molecular weight excluding hydrogens is 328 g/mol. The number of amides is 1. The van der Waals surface area contributed by atoms with Crippen molar-refractivity contribution in [2.75, 3.05) is 11.9 Å². The van der Waals surface area contributed by atoms with Crippen LogP contribution in [0.2, 0.25) is 0 Å². The summed E-state index contributed by atoms with van der Waals surface area (Å²) in [6, 6.07) is 2.92. The Morgan fingerprint density at radius 2 is 2.25 bits per heavy atom. The molecule has 0 radical (unpaired) electrons. The fourth-order valence-electron chi connectivity index (χ4n) is 2.08. The topological polar surface area (TPSA) is 132 Å². The second kappa shape index (κ2) is 8.42. The summed E-state index contributed by atoms with van der Waals surface area (Å²) in [5.41, 5.74) is 5.86. The summed E-state index contributed by atoms with van der Waals surface area (Å²) in [6.07, 6.45) is 2.15. The third kappa shape index (κ3) is 4.09. The molecule has 0 aliphatic rings. The van der Waals surface area contributed by atoms with E-state index in [1.165, 1.54) is 12.3 Å². The molecule has 2 rings (SSSR count). The summed E-state index contributed by atoms with van der Waals surface area (Å²) in [7, 11) is 0. The number of H-pyrrole nitrogens is 1. The highest BCUT2D eigenvalue weighted by Crippen LogP contribution is 2.21. The predicted octanol–water partition coefficient (Wildman–Crippen LogP) is 1.77. The van der Waals surface area contributed by atoms with E-state index in [-0.39, 0.29) is 31.4 Å². The Kier molecular flexibility index (Phi) is 6.87. The van der Waals surface area contributed by atoms with Crippen LogP contribution >= 0.6 is 11.3 Å². The molecule has 0 aromatic carbocycles. The first-order valence-corrected chi connectivity index (χ1v) is 7.92. The number of rotatable bonds is 7. The van der Waals surface area contributed by atoms with Crippen LogP contribution in [0, 0.1) is 5.41 Å². The van der Waals surface area contributed by atoms with Gasteiger partial charge in [-0.25, -0.2) is 0 Å². The zero-order valence-corrected chi connectivity index (χ0v) is 13.4. The number of hydrogen-bond acceptors (Lipinski definition) is 6. The molecule has 0 aliphatic heterocycles. The van der Waals surface area contributed by atoms with Crippen molar-refractivity contribution in [2.24, 2.45) is 5.73 Å². The molecule has 0 aliphatic carbocycles. The Bertz CT molecular complexity index is 778. The quantitative estimate of drug-likeness (QED) is 0.487. The maximum Gasteiger partial charge on any atom is 0.259 e. The summed E-state index contributed by atoms with van der Waals surface area (Å²) in [5.74, 6) is -0.569. The summed E-state index contributed by atoms with van der Waals surface area (Å²) >= 11 is 1.13. The van der Waals surface area contributed by atoms with Gasteiger partial charge in [-0.2, -0.15) is 0 Å². The molecule has 0 saturated carbocycles. The van der Waals surface area contributed by atoms with Gasteiger partial charge in [0.2, 0.25) is 0 Å².